The minimum atomic E-state index is -1.10. The average Bonchev–Trinajstić information content (AvgIpc) is 3.64. The van der Waals surface area contributed by atoms with Crippen molar-refractivity contribution in [2.45, 2.75) is 71.6 Å². The van der Waals surface area contributed by atoms with E-state index in [1.165, 1.54) is 11.0 Å². The van der Waals surface area contributed by atoms with Crippen LogP contribution >= 0.6 is 0 Å². The second-order valence-electron chi connectivity index (χ2n) is 11.9. The number of hydrogen-bond acceptors (Lipinski definition) is 7. The summed E-state index contributed by atoms with van der Waals surface area (Å²) in [5.74, 6) is -2.36. The Hall–Kier alpha value is -4.48. The number of amides is 3. The third-order valence-electron chi connectivity index (χ3n) is 7.50. The SMILES string of the molecule is Cc1noc(C)c1-c1ccc(N[C@@H]2CCN(C(=O)OC(C)(C)C)C2)c(NC(=O)[C@@H]2CCC(=O)N2c2ccc(F)c(F)c2)c1. The van der Waals surface area contributed by atoms with Crippen molar-refractivity contribution in [1.82, 2.24) is 10.1 Å². The number of anilines is 3. The Morgan fingerprint density at radius 1 is 1.05 bits per heavy atom. The van der Waals surface area contributed by atoms with Gasteiger partial charge >= 0.3 is 6.09 Å². The molecule has 2 saturated heterocycles. The zero-order valence-corrected chi connectivity index (χ0v) is 24.8. The second-order valence-corrected chi connectivity index (χ2v) is 11.9. The van der Waals surface area contributed by atoms with E-state index in [0.717, 1.165) is 23.3 Å². The van der Waals surface area contributed by atoms with Crippen LogP contribution in [0.25, 0.3) is 11.1 Å². The van der Waals surface area contributed by atoms with Gasteiger partial charge in [0.2, 0.25) is 11.8 Å². The molecule has 0 unspecified atom stereocenters. The first-order valence-corrected chi connectivity index (χ1v) is 14.2. The quantitative estimate of drug-likeness (QED) is 0.370. The first-order chi connectivity index (χ1) is 20.3. The Morgan fingerprint density at radius 3 is 2.49 bits per heavy atom. The molecule has 5 rings (SSSR count). The Bertz CT molecular complexity index is 1550. The number of nitrogens with zero attached hydrogens (tertiary/aromatic N) is 3. The summed E-state index contributed by atoms with van der Waals surface area (Å²) >= 11 is 0. The van der Waals surface area contributed by atoms with Crippen molar-refractivity contribution in [3.05, 3.63) is 59.5 Å². The van der Waals surface area contributed by atoms with E-state index in [1.54, 1.807) is 17.9 Å². The minimum absolute atomic E-state index is 0.0872. The highest BCUT2D eigenvalue weighted by Gasteiger charge is 2.38. The molecule has 0 saturated carbocycles. The smallest absolute Gasteiger partial charge is 0.410 e. The summed E-state index contributed by atoms with van der Waals surface area (Å²) in [7, 11) is 0. The molecule has 3 aromatic rings. The summed E-state index contributed by atoms with van der Waals surface area (Å²) in [4.78, 5) is 41.9. The molecule has 2 aromatic carbocycles. The number of rotatable bonds is 6. The van der Waals surface area contributed by atoms with Crippen LogP contribution in [0.3, 0.4) is 0 Å². The first kappa shape index (κ1) is 30.0. The van der Waals surface area contributed by atoms with E-state index >= 15 is 0 Å². The molecule has 2 atom stereocenters. The average molecular weight is 596 g/mol. The van der Waals surface area contributed by atoms with Crippen molar-refractivity contribution in [2.75, 3.05) is 28.6 Å². The van der Waals surface area contributed by atoms with Gasteiger partial charge in [-0.05, 0) is 77.3 Å². The number of carbonyl (C=O) groups is 3. The van der Waals surface area contributed by atoms with Crippen molar-refractivity contribution in [3.8, 4) is 11.1 Å². The summed E-state index contributed by atoms with van der Waals surface area (Å²) in [6.45, 7) is 10.00. The molecule has 0 spiro atoms. The molecule has 0 aliphatic carbocycles. The molecule has 2 fully saturated rings. The van der Waals surface area contributed by atoms with E-state index in [-0.39, 0.29) is 36.6 Å². The number of hydrogen-bond donors (Lipinski definition) is 2. The third kappa shape index (κ3) is 6.47. The molecule has 12 heteroatoms. The van der Waals surface area contributed by atoms with Gasteiger partial charge in [0.15, 0.2) is 11.6 Å². The lowest BCUT2D eigenvalue weighted by Crippen LogP contribution is -2.42. The fourth-order valence-corrected chi connectivity index (χ4v) is 5.52. The van der Waals surface area contributed by atoms with Gasteiger partial charge in [0, 0.05) is 42.9 Å². The van der Waals surface area contributed by atoms with E-state index in [0.29, 0.717) is 42.3 Å². The molecule has 10 nitrogen and oxygen atoms in total. The first-order valence-electron chi connectivity index (χ1n) is 14.2. The fraction of sp³-hybridized carbons (Fsp3) is 0.419. The molecule has 3 heterocycles. The van der Waals surface area contributed by atoms with Crippen molar-refractivity contribution in [2.24, 2.45) is 0 Å². The maximum absolute atomic E-state index is 14.0. The Kier molecular flexibility index (Phi) is 8.13. The fourth-order valence-electron chi connectivity index (χ4n) is 5.52. The van der Waals surface area contributed by atoms with Gasteiger partial charge in [0.1, 0.15) is 17.4 Å². The highest BCUT2D eigenvalue weighted by molar-refractivity contribution is 6.08. The van der Waals surface area contributed by atoms with Crippen molar-refractivity contribution in [3.63, 3.8) is 0 Å². The summed E-state index contributed by atoms with van der Waals surface area (Å²) in [5.41, 5.74) is 2.80. The number of benzene rings is 2. The number of carbonyl (C=O) groups excluding carboxylic acids is 3. The molecule has 0 radical (unpaired) electrons. The summed E-state index contributed by atoms with van der Waals surface area (Å²) < 4.78 is 38.5. The van der Waals surface area contributed by atoms with Crippen LogP contribution in [-0.2, 0) is 14.3 Å². The lowest BCUT2D eigenvalue weighted by atomic mass is 10.0. The minimum Gasteiger partial charge on any atom is -0.444 e. The molecule has 2 N–H and O–H groups in total. The summed E-state index contributed by atoms with van der Waals surface area (Å²) in [6.07, 6.45) is 0.578. The van der Waals surface area contributed by atoms with Crippen LogP contribution in [0, 0.1) is 25.5 Å². The monoisotopic (exact) mass is 595 g/mol. The lowest BCUT2D eigenvalue weighted by Gasteiger charge is -2.26. The predicted octanol–water partition coefficient (Wildman–Crippen LogP) is 5.79. The number of aromatic nitrogens is 1. The van der Waals surface area contributed by atoms with Gasteiger partial charge in [0.25, 0.3) is 0 Å². The molecule has 228 valence electrons. The number of nitrogens with one attached hydrogen (secondary N) is 2. The van der Waals surface area contributed by atoms with Crippen LogP contribution in [0.15, 0.2) is 40.9 Å². The third-order valence-corrected chi connectivity index (χ3v) is 7.50. The number of aryl methyl sites for hydroxylation is 2. The molecule has 1 aromatic heterocycles. The largest absolute Gasteiger partial charge is 0.444 e. The maximum Gasteiger partial charge on any atom is 0.410 e. The highest BCUT2D eigenvalue weighted by Crippen LogP contribution is 2.35. The van der Waals surface area contributed by atoms with Crippen molar-refractivity contribution < 1.29 is 32.4 Å². The molecule has 2 aliphatic heterocycles. The van der Waals surface area contributed by atoms with Crippen LogP contribution in [0.2, 0.25) is 0 Å². The Balaban J connectivity index is 1.41. The second kappa shape index (κ2) is 11.7. The maximum atomic E-state index is 14.0. The molecular weight excluding hydrogens is 560 g/mol. The van der Waals surface area contributed by atoms with Crippen LogP contribution in [0.5, 0.6) is 0 Å². The molecule has 0 bridgehead atoms. The van der Waals surface area contributed by atoms with Crippen LogP contribution < -0.4 is 15.5 Å². The summed E-state index contributed by atoms with van der Waals surface area (Å²) in [6, 6.07) is 7.61. The van der Waals surface area contributed by atoms with E-state index in [9.17, 15) is 23.2 Å². The molecule has 2 aliphatic rings. The van der Waals surface area contributed by atoms with Crippen molar-refractivity contribution >= 4 is 35.0 Å². The van der Waals surface area contributed by atoms with Crippen LogP contribution in [-0.4, -0.2) is 58.7 Å². The normalized spacial score (nSPS) is 18.7. The predicted molar refractivity (Wildman–Crippen MR) is 157 cm³/mol. The lowest BCUT2D eigenvalue weighted by molar-refractivity contribution is -0.120. The molecule has 43 heavy (non-hydrogen) atoms. The standard InChI is InChI=1S/C31H35F2N5O5/c1-17-28(18(2)43-36-17)19-6-9-24(34-20-12-13-37(16-20)30(41)42-31(3,4)5)25(14-19)35-29(40)26-10-11-27(39)38(26)21-7-8-22(32)23(33)15-21/h6-9,14-15,20,26,34H,10-13,16H2,1-5H3,(H,35,40)/t20-,26+/m1/s1. The number of ether oxygens (including phenoxy) is 1. The zero-order valence-electron chi connectivity index (χ0n) is 24.8. The van der Waals surface area contributed by atoms with Gasteiger partial charge < -0.3 is 24.8 Å². The van der Waals surface area contributed by atoms with Crippen LogP contribution in [0.4, 0.5) is 30.6 Å². The van der Waals surface area contributed by atoms with Gasteiger partial charge in [-0.1, -0.05) is 11.2 Å². The molecular formula is C31H35F2N5O5. The van der Waals surface area contributed by atoms with Gasteiger partial charge in [-0.2, -0.15) is 0 Å². The summed E-state index contributed by atoms with van der Waals surface area (Å²) in [5, 5.41) is 10.4. The molecule has 3 amide bonds. The van der Waals surface area contributed by atoms with Crippen molar-refractivity contribution in [1.29, 1.82) is 0 Å². The van der Waals surface area contributed by atoms with Gasteiger partial charge in [0.05, 0.1) is 17.1 Å². The number of halogens is 2. The Labute approximate surface area is 248 Å². The van der Waals surface area contributed by atoms with Gasteiger partial charge in [-0.25, -0.2) is 13.6 Å². The number of likely N-dealkylation sites (tertiary alicyclic amines) is 1. The van der Waals surface area contributed by atoms with E-state index in [1.807, 2.05) is 39.8 Å². The Morgan fingerprint density at radius 2 is 1.81 bits per heavy atom. The van der Waals surface area contributed by atoms with Gasteiger partial charge in [-0.3, -0.25) is 14.5 Å². The topological polar surface area (TPSA) is 117 Å². The highest BCUT2D eigenvalue weighted by atomic mass is 19.2. The van der Waals surface area contributed by atoms with E-state index in [4.69, 9.17) is 9.26 Å². The zero-order chi connectivity index (χ0) is 31.1. The van der Waals surface area contributed by atoms with E-state index < -0.39 is 29.2 Å². The van der Waals surface area contributed by atoms with Crippen LogP contribution in [0.1, 0.15) is 51.5 Å². The van der Waals surface area contributed by atoms with E-state index in [2.05, 4.69) is 15.8 Å². The van der Waals surface area contributed by atoms with Gasteiger partial charge in [-0.15, -0.1) is 0 Å².